The number of carbonyl (C=O) groups is 2. The highest BCUT2D eigenvalue weighted by molar-refractivity contribution is 9.10. The molecule has 0 spiro atoms. The largest absolute Gasteiger partial charge is 0.481 e. The number of hydrogen-bond donors (Lipinski definition) is 2. The minimum absolute atomic E-state index is 0.0424. The second-order valence-corrected chi connectivity index (χ2v) is 5.42. The van der Waals surface area contributed by atoms with Crippen molar-refractivity contribution in [1.29, 1.82) is 0 Å². The zero-order chi connectivity index (χ0) is 14.0. The van der Waals surface area contributed by atoms with E-state index in [0.29, 0.717) is 6.54 Å². The molecule has 0 saturated carbocycles. The molecule has 0 aromatic heterocycles. The number of hydrogen-bond acceptors (Lipinski definition) is 3. The molecule has 1 heterocycles. The summed E-state index contributed by atoms with van der Waals surface area (Å²) >= 11 is 3.45. The van der Waals surface area contributed by atoms with Gasteiger partial charge in [-0.2, -0.15) is 0 Å². The second kappa shape index (κ2) is 5.61. The Morgan fingerprint density at radius 3 is 2.84 bits per heavy atom. The monoisotopic (exact) mass is 326 g/mol. The summed E-state index contributed by atoms with van der Waals surface area (Å²) in [6.07, 6.45) is -0.211. The summed E-state index contributed by atoms with van der Waals surface area (Å²) in [6, 6.07) is 6.88. The van der Waals surface area contributed by atoms with E-state index < -0.39 is 12.0 Å². The molecule has 2 atom stereocenters. The van der Waals surface area contributed by atoms with E-state index in [1.165, 1.54) is 0 Å². The number of nitrogens with zero attached hydrogens (tertiary/aromatic N) is 1. The van der Waals surface area contributed by atoms with E-state index in [4.69, 9.17) is 5.11 Å². The first kappa shape index (κ1) is 13.9. The van der Waals surface area contributed by atoms with E-state index in [-0.39, 0.29) is 18.4 Å². The van der Waals surface area contributed by atoms with Crippen LogP contribution < -0.4 is 10.2 Å². The summed E-state index contributed by atoms with van der Waals surface area (Å²) in [5, 5.41) is 11.7. The van der Waals surface area contributed by atoms with E-state index in [1.54, 1.807) is 0 Å². The van der Waals surface area contributed by atoms with Gasteiger partial charge in [0.15, 0.2) is 0 Å². The van der Waals surface area contributed by atoms with Crippen LogP contribution in [0.3, 0.4) is 0 Å². The van der Waals surface area contributed by atoms with Gasteiger partial charge in [-0.3, -0.25) is 9.59 Å². The Labute approximate surface area is 119 Å². The smallest absolute Gasteiger partial charge is 0.305 e. The molecule has 1 aromatic carbocycles. The van der Waals surface area contributed by atoms with Crippen LogP contribution in [-0.2, 0) is 9.59 Å². The molecular weight excluding hydrogens is 312 g/mol. The van der Waals surface area contributed by atoms with Crippen molar-refractivity contribution in [2.45, 2.75) is 25.4 Å². The zero-order valence-corrected chi connectivity index (χ0v) is 12.1. The normalized spacial score (nSPS) is 23.1. The van der Waals surface area contributed by atoms with E-state index in [1.807, 2.05) is 36.1 Å². The Kier molecular flexibility index (Phi) is 4.09. The highest BCUT2D eigenvalue weighted by atomic mass is 79.9. The summed E-state index contributed by atoms with van der Waals surface area (Å²) < 4.78 is 0.854. The first-order valence-electron chi connectivity index (χ1n) is 6.03. The maximum atomic E-state index is 11.9. The molecule has 6 heteroatoms. The van der Waals surface area contributed by atoms with Crippen LogP contribution in [0.4, 0.5) is 5.69 Å². The van der Waals surface area contributed by atoms with Crippen LogP contribution in [0.25, 0.3) is 0 Å². The fourth-order valence-corrected chi connectivity index (χ4v) is 2.81. The molecule has 1 amide bonds. The van der Waals surface area contributed by atoms with Crippen molar-refractivity contribution in [3.8, 4) is 0 Å². The fourth-order valence-electron chi connectivity index (χ4n) is 2.32. The van der Waals surface area contributed by atoms with E-state index in [0.717, 1.165) is 10.2 Å². The summed E-state index contributed by atoms with van der Waals surface area (Å²) in [7, 11) is 0. The molecule has 1 aromatic rings. The molecule has 1 aliphatic rings. The first-order chi connectivity index (χ1) is 9.00. The zero-order valence-electron chi connectivity index (χ0n) is 10.5. The predicted octanol–water partition coefficient (Wildman–Crippen LogP) is 1.62. The lowest BCUT2D eigenvalue weighted by Gasteiger charge is -2.41. The third-order valence-corrected chi connectivity index (χ3v) is 3.85. The minimum Gasteiger partial charge on any atom is -0.481 e. The van der Waals surface area contributed by atoms with Crippen LogP contribution in [-0.4, -0.2) is 35.6 Å². The molecule has 2 rings (SSSR count). The maximum Gasteiger partial charge on any atom is 0.305 e. The minimum atomic E-state index is -0.980. The van der Waals surface area contributed by atoms with Gasteiger partial charge in [-0.15, -0.1) is 0 Å². The van der Waals surface area contributed by atoms with Crippen molar-refractivity contribution in [1.82, 2.24) is 5.32 Å². The highest BCUT2D eigenvalue weighted by Gasteiger charge is 2.36. The number of halogens is 1. The fraction of sp³-hybridized carbons (Fsp3) is 0.385. The molecule has 0 radical (unpaired) electrons. The number of nitrogens with one attached hydrogen (secondary N) is 1. The Balaban J connectivity index is 2.39. The van der Waals surface area contributed by atoms with Gasteiger partial charge in [-0.25, -0.2) is 0 Å². The molecular formula is C13H15BrN2O3. The molecule has 1 fully saturated rings. The van der Waals surface area contributed by atoms with Gasteiger partial charge >= 0.3 is 5.97 Å². The number of carboxylic acids is 1. The molecule has 19 heavy (non-hydrogen) atoms. The number of carbonyl (C=O) groups excluding carboxylic acids is 1. The molecule has 2 unspecified atom stereocenters. The van der Waals surface area contributed by atoms with Gasteiger partial charge in [-0.05, 0) is 35.0 Å². The van der Waals surface area contributed by atoms with Crippen molar-refractivity contribution in [3.05, 3.63) is 28.7 Å². The lowest BCUT2D eigenvalue weighted by atomic mass is 10.0. The second-order valence-electron chi connectivity index (χ2n) is 4.57. The molecule has 2 N–H and O–H groups in total. The third kappa shape index (κ3) is 2.89. The van der Waals surface area contributed by atoms with Crippen molar-refractivity contribution < 1.29 is 14.7 Å². The topological polar surface area (TPSA) is 69.6 Å². The van der Waals surface area contributed by atoms with E-state index in [9.17, 15) is 9.59 Å². The standard InChI is InChI=1S/C13H15BrN2O3/c1-8-7-15-13(19)11(6-12(17)18)16(8)10-5-3-2-4-9(10)14/h2-5,8,11H,6-7H2,1H3,(H,15,19)(H,17,18). The molecule has 5 nitrogen and oxygen atoms in total. The summed E-state index contributed by atoms with van der Waals surface area (Å²) in [4.78, 5) is 24.8. The van der Waals surface area contributed by atoms with Crippen LogP contribution in [0, 0.1) is 0 Å². The maximum absolute atomic E-state index is 11.9. The number of aliphatic carboxylic acids is 1. The third-order valence-electron chi connectivity index (χ3n) is 3.18. The van der Waals surface area contributed by atoms with Gasteiger partial charge in [0.2, 0.25) is 5.91 Å². The average Bonchev–Trinajstić information content (AvgIpc) is 2.35. The highest BCUT2D eigenvalue weighted by Crippen LogP contribution is 2.31. The Morgan fingerprint density at radius 1 is 1.53 bits per heavy atom. The average molecular weight is 327 g/mol. The Hall–Kier alpha value is -1.56. The van der Waals surface area contributed by atoms with Gasteiger partial charge in [0, 0.05) is 17.1 Å². The molecule has 102 valence electrons. The van der Waals surface area contributed by atoms with Crippen LogP contribution in [0.2, 0.25) is 0 Å². The van der Waals surface area contributed by atoms with Crippen LogP contribution in [0.1, 0.15) is 13.3 Å². The Morgan fingerprint density at radius 2 is 2.21 bits per heavy atom. The van der Waals surface area contributed by atoms with E-state index in [2.05, 4.69) is 21.2 Å². The quantitative estimate of drug-likeness (QED) is 0.885. The molecule has 1 aliphatic heterocycles. The van der Waals surface area contributed by atoms with Crippen molar-refractivity contribution in [2.75, 3.05) is 11.4 Å². The summed E-state index contributed by atoms with van der Waals surface area (Å²) in [5.74, 6) is -1.22. The number of rotatable bonds is 3. The van der Waals surface area contributed by atoms with Crippen LogP contribution in [0.5, 0.6) is 0 Å². The Bertz CT molecular complexity index is 506. The molecule has 1 saturated heterocycles. The number of anilines is 1. The number of amides is 1. The van der Waals surface area contributed by atoms with Crippen molar-refractivity contribution in [3.63, 3.8) is 0 Å². The summed E-state index contributed by atoms with van der Waals surface area (Å²) in [6.45, 7) is 2.48. The van der Waals surface area contributed by atoms with E-state index >= 15 is 0 Å². The van der Waals surface area contributed by atoms with Crippen molar-refractivity contribution >= 4 is 33.5 Å². The molecule has 0 aliphatic carbocycles. The number of benzene rings is 1. The van der Waals surface area contributed by atoms with Gasteiger partial charge < -0.3 is 15.3 Å². The van der Waals surface area contributed by atoms with Gasteiger partial charge in [0.05, 0.1) is 12.1 Å². The predicted molar refractivity (Wildman–Crippen MR) is 75.1 cm³/mol. The first-order valence-corrected chi connectivity index (χ1v) is 6.82. The molecule has 0 bridgehead atoms. The van der Waals surface area contributed by atoms with Crippen molar-refractivity contribution in [2.24, 2.45) is 0 Å². The SMILES string of the molecule is CC1CNC(=O)C(CC(=O)O)N1c1ccccc1Br. The number of piperazine rings is 1. The van der Waals surface area contributed by atoms with Crippen LogP contribution in [0.15, 0.2) is 28.7 Å². The van der Waals surface area contributed by atoms with Gasteiger partial charge in [0.1, 0.15) is 6.04 Å². The lowest BCUT2D eigenvalue weighted by Crippen LogP contribution is -2.60. The lowest BCUT2D eigenvalue weighted by molar-refractivity contribution is -0.140. The number of carboxylic acid groups (broad SMARTS) is 1. The van der Waals surface area contributed by atoms with Crippen LogP contribution >= 0.6 is 15.9 Å². The van der Waals surface area contributed by atoms with Gasteiger partial charge in [-0.1, -0.05) is 12.1 Å². The van der Waals surface area contributed by atoms with Gasteiger partial charge in [0.25, 0.3) is 0 Å². The summed E-state index contributed by atoms with van der Waals surface area (Å²) in [5.41, 5.74) is 0.844. The number of para-hydroxylation sites is 1.